The summed E-state index contributed by atoms with van der Waals surface area (Å²) in [5, 5.41) is 10.5. The van der Waals surface area contributed by atoms with Crippen molar-refractivity contribution < 1.29 is 14.3 Å². The molecule has 138 valence electrons. The minimum Gasteiger partial charge on any atom is -0.480 e. The Morgan fingerprint density at radius 2 is 1.93 bits per heavy atom. The molecule has 0 spiro atoms. The first-order valence-electron chi connectivity index (χ1n) is 8.57. The number of rotatable bonds is 5. The fraction of sp³-hybridized carbons (Fsp3) is 0.263. The van der Waals surface area contributed by atoms with E-state index in [2.05, 4.69) is 15.2 Å². The van der Waals surface area contributed by atoms with Crippen molar-refractivity contribution in [1.82, 2.24) is 20.1 Å². The van der Waals surface area contributed by atoms with E-state index in [-0.39, 0.29) is 12.0 Å². The predicted octanol–water partition coefficient (Wildman–Crippen LogP) is 2.90. The zero-order valence-corrected chi connectivity index (χ0v) is 15.6. The van der Waals surface area contributed by atoms with Gasteiger partial charge in [0.25, 0.3) is 5.91 Å². The molecule has 1 aliphatic rings. The molecule has 1 aromatic carbocycles. The fourth-order valence-corrected chi connectivity index (χ4v) is 3.71. The predicted molar refractivity (Wildman–Crippen MR) is 101 cm³/mol. The van der Waals surface area contributed by atoms with Crippen molar-refractivity contribution in [2.45, 2.75) is 12.5 Å². The molecule has 1 saturated heterocycles. The highest BCUT2D eigenvalue weighted by atomic mass is 32.1. The van der Waals surface area contributed by atoms with Gasteiger partial charge in [0.15, 0.2) is 0 Å². The van der Waals surface area contributed by atoms with Gasteiger partial charge in [0.1, 0.15) is 16.8 Å². The number of methoxy groups -OCH3 is 1. The number of nitrogens with zero attached hydrogens (tertiary/aromatic N) is 4. The molecule has 1 atom stereocenters. The minimum absolute atomic E-state index is 0.0691. The molecule has 0 radical (unpaired) electrons. The second-order valence-corrected chi connectivity index (χ2v) is 6.96. The molecular weight excluding hydrogens is 364 g/mol. The highest BCUT2D eigenvalue weighted by Crippen LogP contribution is 2.25. The van der Waals surface area contributed by atoms with Crippen LogP contribution in [0, 0.1) is 0 Å². The number of hydrogen-bond donors (Lipinski definition) is 0. The molecule has 1 aliphatic heterocycles. The second kappa shape index (κ2) is 7.71. The fourth-order valence-electron chi connectivity index (χ4n) is 2.91. The number of hydrogen-bond acceptors (Lipinski definition) is 7. The average Bonchev–Trinajstić information content (AvgIpc) is 3.39. The Labute approximate surface area is 160 Å². The smallest absolute Gasteiger partial charge is 0.273 e. The standard InChI is InChI=1S/C19H18N4O3S/c1-25-16-7-8-17(22-21-16)26-14-9-10-23(11-14)19(24)15-12-27-18(20-15)13-5-3-2-4-6-13/h2-8,12,14H,9-11H2,1H3. The molecule has 1 amide bonds. The van der Waals surface area contributed by atoms with E-state index >= 15 is 0 Å². The van der Waals surface area contributed by atoms with Gasteiger partial charge in [0.05, 0.1) is 13.7 Å². The SMILES string of the molecule is COc1ccc(OC2CCN(C(=O)c3csc(-c4ccccc4)n3)C2)nn1. The number of ether oxygens (including phenoxy) is 2. The summed E-state index contributed by atoms with van der Waals surface area (Å²) >= 11 is 1.48. The molecule has 1 fully saturated rings. The summed E-state index contributed by atoms with van der Waals surface area (Å²) in [7, 11) is 1.53. The zero-order chi connectivity index (χ0) is 18.6. The summed E-state index contributed by atoms with van der Waals surface area (Å²) in [6.45, 7) is 1.13. The second-order valence-electron chi connectivity index (χ2n) is 6.10. The van der Waals surface area contributed by atoms with Gasteiger partial charge in [0, 0.05) is 36.0 Å². The Morgan fingerprint density at radius 1 is 1.15 bits per heavy atom. The first-order valence-corrected chi connectivity index (χ1v) is 9.45. The van der Waals surface area contributed by atoms with Gasteiger partial charge >= 0.3 is 0 Å². The maximum Gasteiger partial charge on any atom is 0.273 e. The van der Waals surface area contributed by atoms with Crippen LogP contribution in [0.5, 0.6) is 11.8 Å². The number of amides is 1. The van der Waals surface area contributed by atoms with E-state index in [4.69, 9.17) is 9.47 Å². The molecular formula is C19H18N4O3S. The zero-order valence-electron chi connectivity index (χ0n) is 14.7. The molecule has 2 aromatic heterocycles. The van der Waals surface area contributed by atoms with Crippen molar-refractivity contribution in [2.24, 2.45) is 0 Å². The normalized spacial score (nSPS) is 16.3. The summed E-state index contributed by atoms with van der Waals surface area (Å²) in [5.41, 5.74) is 1.49. The number of carbonyl (C=O) groups is 1. The highest BCUT2D eigenvalue weighted by molar-refractivity contribution is 7.13. The van der Waals surface area contributed by atoms with Crippen LogP contribution >= 0.6 is 11.3 Å². The Hall–Kier alpha value is -3.00. The van der Waals surface area contributed by atoms with E-state index in [1.165, 1.54) is 18.4 Å². The molecule has 3 heterocycles. The molecule has 8 heteroatoms. The van der Waals surface area contributed by atoms with Crippen LogP contribution in [0.3, 0.4) is 0 Å². The van der Waals surface area contributed by atoms with Gasteiger partial charge in [-0.2, -0.15) is 0 Å². The van der Waals surface area contributed by atoms with Crippen LogP contribution in [-0.2, 0) is 0 Å². The van der Waals surface area contributed by atoms with Crippen LogP contribution in [0.15, 0.2) is 47.8 Å². The van der Waals surface area contributed by atoms with Crippen LogP contribution in [0.4, 0.5) is 0 Å². The van der Waals surface area contributed by atoms with Gasteiger partial charge < -0.3 is 14.4 Å². The summed E-state index contributed by atoms with van der Waals surface area (Å²) in [6.07, 6.45) is 0.638. The third kappa shape index (κ3) is 3.90. The maximum atomic E-state index is 12.7. The largest absolute Gasteiger partial charge is 0.480 e. The van der Waals surface area contributed by atoms with Crippen molar-refractivity contribution >= 4 is 17.2 Å². The van der Waals surface area contributed by atoms with Gasteiger partial charge in [-0.25, -0.2) is 4.98 Å². The lowest BCUT2D eigenvalue weighted by atomic mass is 10.2. The van der Waals surface area contributed by atoms with Crippen LogP contribution < -0.4 is 9.47 Å². The topological polar surface area (TPSA) is 77.4 Å². The molecule has 4 rings (SSSR count). The van der Waals surface area contributed by atoms with E-state index in [9.17, 15) is 4.79 Å². The first kappa shape index (κ1) is 17.4. The van der Waals surface area contributed by atoms with Crippen LogP contribution in [0.25, 0.3) is 10.6 Å². The van der Waals surface area contributed by atoms with Gasteiger partial charge in [-0.15, -0.1) is 21.5 Å². The lowest BCUT2D eigenvalue weighted by molar-refractivity contribution is 0.0766. The van der Waals surface area contributed by atoms with Crippen molar-refractivity contribution in [3.63, 3.8) is 0 Å². The van der Waals surface area contributed by atoms with Crippen molar-refractivity contribution in [1.29, 1.82) is 0 Å². The molecule has 0 N–H and O–H groups in total. The number of carbonyl (C=O) groups excluding carboxylic acids is 1. The molecule has 3 aromatic rings. The van der Waals surface area contributed by atoms with Gasteiger partial charge in [-0.1, -0.05) is 30.3 Å². The van der Waals surface area contributed by atoms with E-state index in [1.807, 2.05) is 35.7 Å². The average molecular weight is 382 g/mol. The highest BCUT2D eigenvalue weighted by Gasteiger charge is 2.29. The molecule has 0 bridgehead atoms. The van der Waals surface area contributed by atoms with Gasteiger partial charge in [-0.3, -0.25) is 4.79 Å². The Balaban J connectivity index is 1.38. The maximum absolute atomic E-state index is 12.7. The van der Waals surface area contributed by atoms with Crippen molar-refractivity contribution in [2.75, 3.05) is 20.2 Å². The number of aromatic nitrogens is 3. The van der Waals surface area contributed by atoms with Crippen molar-refractivity contribution in [3.8, 4) is 22.3 Å². The quantitative estimate of drug-likeness (QED) is 0.675. The summed E-state index contributed by atoms with van der Waals surface area (Å²) < 4.78 is 10.8. The molecule has 1 unspecified atom stereocenters. The van der Waals surface area contributed by atoms with Crippen LogP contribution in [-0.4, -0.2) is 52.3 Å². The number of likely N-dealkylation sites (tertiary alicyclic amines) is 1. The summed E-state index contributed by atoms with van der Waals surface area (Å²) in [5.74, 6) is 0.791. The van der Waals surface area contributed by atoms with Gasteiger partial charge in [-0.05, 0) is 0 Å². The van der Waals surface area contributed by atoms with Crippen molar-refractivity contribution in [3.05, 3.63) is 53.5 Å². The molecule has 0 aliphatic carbocycles. The van der Waals surface area contributed by atoms with Crippen LogP contribution in [0.1, 0.15) is 16.9 Å². The van der Waals surface area contributed by atoms with E-state index in [1.54, 1.807) is 17.0 Å². The lowest BCUT2D eigenvalue weighted by Crippen LogP contribution is -2.31. The van der Waals surface area contributed by atoms with E-state index < -0.39 is 0 Å². The minimum atomic E-state index is -0.108. The van der Waals surface area contributed by atoms with Crippen LogP contribution in [0.2, 0.25) is 0 Å². The Bertz CT molecular complexity index is 914. The van der Waals surface area contributed by atoms with E-state index in [0.29, 0.717) is 30.5 Å². The summed E-state index contributed by atoms with van der Waals surface area (Å²) in [6, 6.07) is 13.3. The first-order chi connectivity index (χ1) is 13.2. The van der Waals surface area contributed by atoms with Gasteiger partial charge in [0.2, 0.25) is 11.8 Å². The monoisotopic (exact) mass is 382 g/mol. The number of thiazole rings is 1. The molecule has 7 nitrogen and oxygen atoms in total. The third-order valence-electron chi connectivity index (χ3n) is 4.29. The van der Waals surface area contributed by atoms with E-state index in [0.717, 1.165) is 17.0 Å². The summed E-state index contributed by atoms with van der Waals surface area (Å²) in [4.78, 5) is 19.0. The third-order valence-corrected chi connectivity index (χ3v) is 5.18. The Morgan fingerprint density at radius 3 is 2.67 bits per heavy atom. The Kier molecular flexibility index (Phi) is 4.97. The lowest BCUT2D eigenvalue weighted by Gasteiger charge is -2.15. The number of benzene rings is 1. The molecule has 0 saturated carbocycles. The molecule has 27 heavy (non-hydrogen) atoms.